The number of hydrogen-bond donors (Lipinski definition) is 1. The SMILES string of the molecule is CCNc1nc(OCC)nc(N2CCC(C(C)C)CC2)n1. The van der Waals surface area contributed by atoms with Crippen molar-refractivity contribution in [3.05, 3.63) is 0 Å². The molecule has 1 N–H and O–H groups in total. The quantitative estimate of drug-likeness (QED) is 0.869. The zero-order chi connectivity index (χ0) is 15.2. The second-order valence-electron chi connectivity index (χ2n) is 5.77. The van der Waals surface area contributed by atoms with Crippen LogP contribution >= 0.6 is 0 Å². The van der Waals surface area contributed by atoms with E-state index in [0.29, 0.717) is 18.6 Å². The number of nitrogens with one attached hydrogen (secondary N) is 1. The van der Waals surface area contributed by atoms with Crippen molar-refractivity contribution in [3.63, 3.8) is 0 Å². The summed E-state index contributed by atoms with van der Waals surface area (Å²) in [5.41, 5.74) is 0. The number of anilines is 2. The molecule has 6 heteroatoms. The van der Waals surface area contributed by atoms with Crippen LogP contribution in [0.4, 0.5) is 11.9 Å². The molecule has 1 aromatic rings. The average molecular weight is 293 g/mol. The highest BCUT2D eigenvalue weighted by Gasteiger charge is 2.24. The minimum Gasteiger partial charge on any atom is -0.464 e. The Morgan fingerprint density at radius 3 is 2.48 bits per heavy atom. The van der Waals surface area contributed by atoms with Gasteiger partial charge in [0.1, 0.15) is 0 Å². The zero-order valence-electron chi connectivity index (χ0n) is 13.6. The van der Waals surface area contributed by atoms with Gasteiger partial charge in [-0.2, -0.15) is 15.0 Å². The lowest BCUT2D eigenvalue weighted by molar-refractivity contribution is 0.302. The number of piperidine rings is 1. The van der Waals surface area contributed by atoms with Crippen LogP contribution < -0.4 is 15.0 Å². The standard InChI is InChI=1S/C15H27N5O/c1-5-16-13-17-14(19-15(18-13)21-6-2)20-9-7-12(8-10-20)11(3)4/h11-12H,5-10H2,1-4H3,(H,16,17,18,19). The van der Waals surface area contributed by atoms with Gasteiger partial charge in [0.25, 0.3) is 0 Å². The maximum absolute atomic E-state index is 5.45. The van der Waals surface area contributed by atoms with Crippen molar-refractivity contribution >= 4 is 11.9 Å². The van der Waals surface area contributed by atoms with E-state index in [1.807, 2.05) is 13.8 Å². The number of rotatable bonds is 6. The van der Waals surface area contributed by atoms with Crippen LogP contribution in [0.1, 0.15) is 40.5 Å². The fourth-order valence-corrected chi connectivity index (χ4v) is 2.68. The Hall–Kier alpha value is -1.59. The van der Waals surface area contributed by atoms with Crippen LogP contribution in [0.25, 0.3) is 0 Å². The van der Waals surface area contributed by atoms with Crippen LogP contribution in [0.5, 0.6) is 6.01 Å². The summed E-state index contributed by atoms with van der Waals surface area (Å²) in [5.74, 6) is 2.88. The smallest absolute Gasteiger partial charge is 0.323 e. The maximum Gasteiger partial charge on any atom is 0.323 e. The Morgan fingerprint density at radius 2 is 1.90 bits per heavy atom. The molecule has 0 spiro atoms. The molecule has 1 aromatic heterocycles. The fourth-order valence-electron chi connectivity index (χ4n) is 2.68. The van der Waals surface area contributed by atoms with Crippen LogP contribution in [0.3, 0.4) is 0 Å². The molecule has 0 aliphatic carbocycles. The molecule has 2 rings (SSSR count). The van der Waals surface area contributed by atoms with Crippen LogP contribution in [0.15, 0.2) is 0 Å². The number of ether oxygens (including phenoxy) is 1. The van der Waals surface area contributed by atoms with Gasteiger partial charge in [-0.05, 0) is 38.5 Å². The van der Waals surface area contributed by atoms with Crippen molar-refractivity contribution in [2.45, 2.75) is 40.5 Å². The first-order valence-corrected chi connectivity index (χ1v) is 8.01. The van der Waals surface area contributed by atoms with E-state index in [4.69, 9.17) is 4.74 Å². The molecule has 0 radical (unpaired) electrons. The molecule has 1 saturated heterocycles. The minimum atomic E-state index is 0.407. The van der Waals surface area contributed by atoms with Crippen molar-refractivity contribution in [1.82, 2.24) is 15.0 Å². The Balaban J connectivity index is 2.11. The first-order valence-electron chi connectivity index (χ1n) is 8.01. The topological polar surface area (TPSA) is 63.2 Å². The first-order chi connectivity index (χ1) is 10.1. The van der Waals surface area contributed by atoms with Crippen molar-refractivity contribution < 1.29 is 4.74 Å². The number of aromatic nitrogens is 3. The highest BCUT2D eigenvalue weighted by atomic mass is 16.5. The third-order valence-corrected chi connectivity index (χ3v) is 3.98. The van der Waals surface area contributed by atoms with Gasteiger partial charge in [-0.15, -0.1) is 0 Å². The molecule has 2 heterocycles. The first kappa shape index (κ1) is 15.8. The lowest BCUT2D eigenvalue weighted by atomic mass is 9.87. The van der Waals surface area contributed by atoms with E-state index >= 15 is 0 Å². The molecule has 0 unspecified atom stereocenters. The predicted octanol–water partition coefficient (Wildman–Crippen LogP) is 2.57. The molecule has 1 fully saturated rings. The van der Waals surface area contributed by atoms with Crippen molar-refractivity contribution in [2.24, 2.45) is 11.8 Å². The lowest BCUT2D eigenvalue weighted by Crippen LogP contribution is -2.36. The highest BCUT2D eigenvalue weighted by Crippen LogP contribution is 2.27. The molecule has 0 atom stereocenters. The molecular weight excluding hydrogens is 266 g/mol. The van der Waals surface area contributed by atoms with E-state index in [1.54, 1.807) is 0 Å². The lowest BCUT2D eigenvalue weighted by Gasteiger charge is -2.33. The summed E-state index contributed by atoms with van der Waals surface area (Å²) in [7, 11) is 0. The van der Waals surface area contributed by atoms with Crippen molar-refractivity contribution in [2.75, 3.05) is 36.5 Å². The second kappa shape index (κ2) is 7.43. The molecule has 118 valence electrons. The maximum atomic E-state index is 5.45. The van der Waals surface area contributed by atoms with Gasteiger partial charge in [0, 0.05) is 19.6 Å². The Morgan fingerprint density at radius 1 is 1.19 bits per heavy atom. The van der Waals surface area contributed by atoms with Crippen LogP contribution in [-0.2, 0) is 0 Å². The summed E-state index contributed by atoms with van der Waals surface area (Å²) in [4.78, 5) is 15.5. The third-order valence-electron chi connectivity index (χ3n) is 3.98. The molecule has 0 saturated carbocycles. The molecule has 0 bridgehead atoms. The molecule has 1 aliphatic rings. The van der Waals surface area contributed by atoms with E-state index in [1.165, 1.54) is 12.8 Å². The largest absolute Gasteiger partial charge is 0.464 e. The predicted molar refractivity (Wildman–Crippen MR) is 84.9 cm³/mol. The average Bonchev–Trinajstić information content (AvgIpc) is 2.48. The van der Waals surface area contributed by atoms with E-state index in [2.05, 4.69) is 39.0 Å². The van der Waals surface area contributed by atoms with Crippen molar-refractivity contribution in [1.29, 1.82) is 0 Å². The summed E-state index contributed by atoms with van der Waals surface area (Å²) in [6.45, 7) is 11.9. The molecule has 1 aliphatic heterocycles. The van der Waals surface area contributed by atoms with Gasteiger partial charge in [-0.1, -0.05) is 13.8 Å². The van der Waals surface area contributed by atoms with Gasteiger partial charge in [-0.25, -0.2) is 0 Å². The van der Waals surface area contributed by atoms with E-state index in [0.717, 1.165) is 37.4 Å². The van der Waals surface area contributed by atoms with E-state index < -0.39 is 0 Å². The van der Waals surface area contributed by atoms with Gasteiger partial charge in [0.15, 0.2) is 0 Å². The van der Waals surface area contributed by atoms with Crippen LogP contribution in [0, 0.1) is 11.8 Å². The minimum absolute atomic E-state index is 0.407. The zero-order valence-corrected chi connectivity index (χ0v) is 13.6. The Bertz CT molecular complexity index is 419. The molecule has 0 amide bonds. The fraction of sp³-hybridized carbons (Fsp3) is 0.800. The van der Waals surface area contributed by atoms with E-state index in [-0.39, 0.29) is 0 Å². The summed E-state index contributed by atoms with van der Waals surface area (Å²) >= 11 is 0. The van der Waals surface area contributed by atoms with Crippen molar-refractivity contribution in [3.8, 4) is 6.01 Å². The highest BCUT2D eigenvalue weighted by molar-refractivity contribution is 5.38. The summed E-state index contributed by atoms with van der Waals surface area (Å²) in [6.07, 6.45) is 2.40. The third kappa shape index (κ3) is 4.19. The molecular formula is C15H27N5O. The van der Waals surface area contributed by atoms with Gasteiger partial charge in [-0.3, -0.25) is 0 Å². The van der Waals surface area contributed by atoms with Gasteiger partial charge in [0.05, 0.1) is 6.61 Å². The Kier molecular flexibility index (Phi) is 5.59. The van der Waals surface area contributed by atoms with E-state index in [9.17, 15) is 0 Å². The molecule has 0 aromatic carbocycles. The van der Waals surface area contributed by atoms with Gasteiger partial charge in [0.2, 0.25) is 11.9 Å². The number of hydrogen-bond acceptors (Lipinski definition) is 6. The summed E-state index contributed by atoms with van der Waals surface area (Å²) in [5, 5.41) is 3.14. The van der Waals surface area contributed by atoms with Gasteiger partial charge < -0.3 is 15.0 Å². The second-order valence-corrected chi connectivity index (χ2v) is 5.77. The molecule has 21 heavy (non-hydrogen) atoms. The Labute approximate surface area is 127 Å². The number of nitrogens with zero attached hydrogens (tertiary/aromatic N) is 4. The normalized spacial score (nSPS) is 16.3. The van der Waals surface area contributed by atoms with Crippen LogP contribution in [0.2, 0.25) is 0 Å². The molecule has 6 nitrogen and oxygen atoms in total. The van der Waals surface area contributed by atoms with Gasteiger partial charge >= 0.3 is 6.01 Å². The monoisotopic (exact) mass is 293 g/mol. The van der Waals surface area contributed by atoms with Crippen LogP contribution in [-0.4, -0.2) is 41.2 Å². The summed E-state index contributed by atoms with van der Waals surface area (Å²) < 4.78 is 5.45. The summed E-state index contributed by atoms with van der Waals surface area (Å²) in [6, 6.07) is 0.407.